The Morgan fingerprint density at radius 2 is 1.97 bits per heavy atom. The molecule has 0 radical (unpaired) electrons. The molecular formula is C22H14N4O3S. The Bertz CT molecular complexity index is 1240. The number of nitriles is 1. The van der Waals surface area contributed by atoms with Crippen LogP contribution in [-0.4, -0.2) is 22.7 Å². The molecule has 4 aromatic rings. The van der Waals surface area contributed by atoms with Gasteiger partial charge in [0.1, 0.15) is 0 Å². The standard InChI is InChI=1S/C22H14N4O3S/c23-10-14-3-5-16(6-4-14)21(27)26(12-15-2-1-7-24-11-15)22-25-17-8-18-19(29-13-28-18)9-20(17)30-22/h1-9,11H,12-13H2. The summed E-state index contributed by atoms with van der Waals surface area (Å²) < 4.78 is 11.8. The molecule has 1 amide bonds. The van der Waals surface area contributed by atoms with Crippen LogP contribution in [0.2, 0.25) is 0 Å². The monoisotopic (exact) mass is 414 g/mol. The van der Waals surface area contributed by atoms with E-state index >= 15 is 0 Å². The average Bonchev–Trinajstić information content (AvgIpc) is 3.42. The van der Waals surface area contributed by atoms with Crippen LogP contribution < -0.4 is 14.4 Å². The third-order valence-corrected chi connectivity index (χ3v) is 5.71. The molecule has 0 fully saturated rings. The summed E-state index contributed by atoms with van der Waals surface area (Å²) in [6.07, 6.45) is 3.41. The summed E-state index contributed by atoms with van der Waals surface area (Å²) in [7, 11) is 0. The van der Waals surface area contributed by atoms with Gasteiger partial charge in [0, 0.05) is 30.1 Å². The van der Waals surface area contributed by atoms with Gasteiger partial charge in [-0.2, -0.15) is 5.26 Å². The summed E-state index contributed by atoms with van der Waals surface area (Å²) in [5, 5.41) is 9.58. The van der Waals surface area contributed by atoms with Crippen molar-refractivity contribution in [1.82, 2.24) is 9.97 Å². The Hall–Kier alpha value is -3.96. The SMILES string of the molecule is N#Cc1ccc(C(=O)N(Cc2cccnc2)c2nc3cc4c(cc3s2)OCO4)cc1. The number of benzene rings is 2. The molecule has 0 aliphatic carbocycles. The predicted molar refractivity (Wildman–Crippen MR) is 112 cm³/mol. The zero-order valence-electron chi connectivity index (χ0n) is 15.6. The minimum atomic E-state index is -0.206. The van der Waals surface area contributed by atoms with Crippen LogP contribution >= 0.6 is 11.3 Å². The Morgan fingerprint density at radius 1 is 1.17 bits per heavy atom. The zero-order valence-corrected chi connectivity index (χ0v) is 16.4. The maximum Gasteiger partial charge on any atom is 0.260 e. The summed E-state index contributed by atoms with van der Waals surface area (Å²) in [6.45, 7) is 0.517. The van der Waals surface area contributed by atoms with E-state index in [-0.39, 0.29) is 12.7 Å². The van der Waals surface area contributed by atoms with E-state index in [1.54, 1.807) is 41.6 Å². The van der Waals surface area contributed by atoms with Gasteiger partial charge in [0.25, 0.3) is 5.91 Å². The van der Waals surface area contributed by atoms with Crippen molar-refractivity contribution < 1.29 is 14.3 Å². The third kappa shape index (κ3) is 3.32. The van der Waals surface area contributed by atoms with Crippen LogP contribution in [-0.2, 0) is 6.54 Å². The van der Waals surface area contributed by atoms with Gasteiger partial charge in [0.15, 0.2) is 16.6 Å². The zero-order chi connectivity index (χ0) is 20.5. The number of carbonyl (C=O) groups is 1. The number of carbonyl (C=O) groups excluding carboxylic acids is 1. The molecule has 7 nitrogen and oxygen atoms in total. The first-order valence-electron chi connectivity index (χ1n) is 9.12. The minimum absolute atomic E-state index is 0.198. The third-order valence-electron chi connectivity index (χ3n) is 4.67. The van der Waals surface area contributed by atoms with Crippen molar-refractivity contribution in [3.8, 4) is 17.6 Å². The van der Waals surface area contributed by atoms with E-state index in [1.165, 1.54) is 11.3 Å². The van der Waals surface area contributed by atoms with Crippen molar-refractivity contribution in [2.75, 3.05) is 11.7 Å². The van der Waals surface area contributed by atoms with E-state index in [2.05, 4.69) is 16.0 Å². The van der Waals surface area contributed by atoms with Crippen LogP contribution in [0.25, 0.3) is 10.2 Å². The molecule has 0 unspecified atom stereocenters. The summed E-state index contributed by atoms with van der Waals surface area (Å²) in [4.78, 5) is 23.8. The number of pyridine rings is 1. The normalized spacial score (nSPS) is 12.0. The van der Waals surface area contributed by atoms with Crippen LogP contribution in [0.4, 0.5) is 5.13 Å². The van der Waals surface area contributed by atoms with Crippen LogP contribution in [0.3, 0.4) is 0 Å². The van der Waals surface area contributed by atoms with Gasteiger partial charge in [-0.25, -0.2) is 4.98 Å². The summed E-state index contributed by atoms with van der Waals surface area (Å²) in [5.41, 5.74) is 2.60. The molecule has 30 heavy (non-hydrogen) atoms. The molecule has 8 heteroatoms. The second kappa shape index (κ2) is 7.46. The molecule has 146 valence electrons. The van der Waals surface area contributed by atoms with Gasteiger partial charge in [-0.05, 0) is 35.9 Å². The molecule has 0 N–H and O–H groups in total. The first kappa shape index (κ1) is 18.1. The van der Waals surface area contributed by atoms with E-state index in [0.29, 0.717) is 34.3 Å². The van der Waals surface area contributed by atoms with Crippen molar-refractivity contribution in [2.24, 2.45) is 0 Å². The summed E-state index contributed by atoms with van der Waals surface area (Å²) in [6, 6.07) is 16.1. The molecule has 2 aromatic carbocycles. The van der Waals surface area contributed by atoms with Crippen molar-refractivity contribution >= 4 is 32.6 Å². The number of thiazole rings is 1. The highest BCUT2D eigenvalue weighted by molar-refractivity contribution is 7.22. The van der Waals surface area contributed by atoms with Crippen LogP contribution in [0, 0.1) is 11.3 Å². The highest BCUT2D eigenvalue weighted by atomic mass is 32.1. The molecule has 0 saturated heterocycles. The fourth-order valence-corrected chi connectivity index (χ4v) is 4.14. The predicted octanol–water partition coefficient (Wildman–Crippen LogP) is 4.14. The highest BCUT2D eigenvalue weighted by Crippen LogP contribution is 2.40. The minimum Gasteiger partial charge on any atom is -0.454 e. The summed E-state index contributed by atoms with van der Waals surface area (Å²) in [5.74, 6) is 1.12. The lowest BCUT2D eigenvalue weighted by Gasteiger charge is -2.20. The first-order chi connectivity index (χ1) is 14.7. The van der Waals surface area contributed by atoms with Gasteiger partial charge in [-0.1, -0.05) is 17.4 Å². The van der Waals surface area contributed by atoms with Gasteiger partial charge in [0.2, 0.25) is 6.79 Å². The van der Waals surface area contributed by atoms with Gasteiger partial charge < -0.3 is 9.47 Å². The Labute approximate surface area is 175 Å². The molecule has 0 bridgehead atoms. The molecule has 1 aliphatic heterocycles. The smallest absolute Gasteiger partial charge is 0.260 e. The maximum atomic E-state index is 13.4. The molecule has 0 saturated carbocycles. The Kier molecular flexibility index (Phi) is 4.50. The van der Waals surface area contributed by atoms with Crippen LogP contribution in [0.1, 0.15) is 21.5 Å². The van der Waals surface area contributed by atoms with Gasteiger partial charge in [-0.3, -0.25) is 14.7 Å². The Balaban J connectivity index is 1.56. The molecule has 3 heterocycles. The number of ether oxygens (including phenoxy) is 2. The quantitative estimate of drug-likeness (QED) is 0.499. The number of hydrogen-bond donors (Lipinski definition) is 0. The highest BCUT2D eigenvalue weighted by Gasteiger charge is 2.23. The lowest BCUT2D eigenvalue weighted by Crippen LogP contribution is -2.30. The van der Waals surface area contributed by atoms with E-state index in [1.807, 2.05) is 24.3 Å². The van der Waals surface area contributed by atoms with Gasteiger partial charge in [0.05, 0.1) is 28.4 Å². The van der Waals surface area contributed by atoms with Crippen molar-refractivity contribution in [1.29, 1.82) is 5.26 Å². The van der Waals surface area contributed by atoms with Crippen molar-refractivity contribution in [3.63, 3.8) is 0 Å². The van der Waals surface area contributed by atoms with Crippen molar-refractivity contribution in [3.05, 3.63) is 77.6 Å². The topological polar surface area (TPSA) is 88.3 Å². The largest absolute Gasteiger partial charge is 0.454 e. The van der Waals surface area contributed by atoms with Crippen LogP contribution in [0.15, 0.2) is 60.9 Å². The average molecular weight is 414 g/mol. The van der Waals surface area contributed by atoms with E-state index in [4.69, 9.17) is 14.7 Å². The van der Waals surface area contributed by atoms with E-state index in [0.717, 1.165) is 15.8 Å². The molecule has 2 aromatic heterocycles. The van der Waals surface area contributed by atoms with E-state index < -0.39 is 0 Å². The van der Waals surface area contributed by atoms with Crippen molar-refractivity contribution in [2.45, 2.75) is 6.54 Å². The lowest BCUT2D eigenvalue weighted by atomic mass is 10.1. The molecule has 0 atom stereocenters. The number of aromatic nitrogens is 2. The molecule has 5 rings (SSSR count). The lowest BCUT2D eigenvalue weighted by molar-refractivity contribution is 0.0985. The van der Waals surface area contributed by atoms with E-state index in [9.17, 15) is 4.79 Å². The number of nitrogens with zero attached hydrogens (tertiary/aromatic N) is 4. The van der Waals surface area contributed by atoms with Gasteiger partial charge in [-0.15, -0.1) is 0 Å². The Morgan fingerprint density at radius 3 is 2.70 bits per heavy atom. The molecule has 0 spiro atoms. The fraction of sp³-hybridized carbons (Fsp3) is 0.0909. The number of anilines is 1. The maximum absolute atomic E-state index is 13.4. The number of fused-ring (bicyclic) bond motifs is 2. The number of amides is 1. The first-order valence-corrected chi connectivity index (χ1v) is 9.94. The van der Waals surface area contributed by atoms with Gasteiger partial charge >= 0.3 is 0 Å². The fourth-order valence-electron chi connectivity index (χ4n) is 3.17. The second-order valence-corrected chi connectivity index (χ2v) is 7.62. The number of rotatable bonds is 4. The second-order valence-electron chi connectivity index (χ2n) is 6.61. The summed E-state index contributed by atoms with van der Waals surface area (Å²) >= 11 is 1.41. The van der Waals surface area contributed by atoms with Crippen LogP contribution in [0.5, 0.6) is 11.5 Å². The number of hydrogen-bond acceptors (Lipinski definition) is 7. The molecule has 1 aliphatic rings. The molecular weight excluding hydrogens is 400 g/mol.